The number of allylic oxidation sites excluding steroid dienone is 2. The average molecular weight is 502 g/mol. The van der Waals surface area contributed by atoms with E-state index in [1.54, 1.807) is 30.2 Å². The standard InChI is InChI=1S/C29H31N3O5/c1-5-19(14-23-18(2)30-16-25(23)22-8-6-7-9-27(22)36-3)20-10-11-26(31-29(35)37-4)24(15-20)28(34)32-13-12-21(33)17-32/h5-11,14-16,21,30,33H,1,12-13,17H2,2-4H3,(H,31,35)/b19-14+. The topological polar surface area (TPSA) is 104 Å². The second-order valence-electron chi connectivity index (χ2n) is 8.82. The number of hydrogen-bond donors (Lipinski definition) is 3. The van der Waals surface area contributed by atoms with Crippen molar-refractivity contribution in [3.05, 3.63) is 83.7 Å². The molecule has 2 amide bonds. The third kappa shape index (κ3) is 5.44. The molecule has 3 N–H and O–H groups in total. The molecule has 3 aromatic rings. The number of β-amino-alcohol motifs (C(OH)–C–C–N with tert-alkyl or cyclic N) is 1. The number of para-hydroxylation sites is 1. The molecule has 8 nitrogen and oxygen atoms in total. The number of H-pyrrole nitrogens is 1. The van der Waals surface area contributed by atoms with Crippen molar-refractivity contribution in [2.75, 3.05) is 32.6 Å². The summed E-state index contributed by atoms with van der Waals surface area (Å²) in [5.41, 5.74) is 6.03. The van der Waals surface area contributed by atoms with Gasteiger partial charge in [-0.1, -0.05) is 36.9 Å². The van der Waals surface area contributed by atoms with Crippen LogP contribution >= 0.6 is 0 Å². The number of rotatable bonds is 7. The number of aliphatic hydroxyl groups is 1. The van der Waals surface area contributed by atoms with Crippen molar-refractivity contribution in [2.45, 2.75) is 19.4 Å². The first kappa shape index (κ1) is 25.8. The van der Waals surface area contributed by atoms with E-state index >= 15 is 0 Å². The van der Waals surface area contributed by atoms with Crippen LogP contribution in [0.3, 0.4) is 0 Å². The van der Waals surface area contributed by atoms with Gasteiger partial charge >= 0.3 is 6.09 Å². The molecule has 1 unspecified atom stereocenters. The van der Waals surface area contributed by atoms with Gasteiger partial charge in [-0.3, -0.25) is 10.1 Å². The molecule has 1 saturated heterocycles. The Kier molecular flexibility index (Phi) is 7.79. The van der Waals surface area contributed by atoms with Crippen molar-refractivity contribution in [1.82, 2.24) is 9.88 Å². The first-order valence-corrected chi connectivity index (χ1v) is 12.0. The number of methoxy groups -OCH3 is 2. The quantitative estimate of drug-likeness (QED) is 0.390. The third-order valence-corrected chi connectivity index (χ3v) is 6.50. The van der Waals surface area contributed by atoms with E-state index in [1.807, 2.05) is 49.5 Å². The van der Waals surface area contributed by atoms with Crippen LogP contribution in [0.5, 0.6) is 5.75 Å². The SMILES string of the molecule is C=C/C(=C\c1c(-c2ccccc2OC)c[nH]c1C)c1ccc(NC(=O)OC)c(C(=O)N2CCC(O)C2)c1. The van der Waals surface area contributed by atoms with E-state index in [-0.39, 0.29) is 12.5 Å². The lowest BCUT2D eigenvalue weighted by Crippen LogP contribution is -2.30. The number of likely N-dealkylation sites (tertiary alicyclic amines) is 1. The van der Waals surface area contributed by atoms with Gasteiger partial charge in [-0.2, -0.15) is 0 Å². The van der Waals surface area contributed by atoms with Gasteiger partial charge in [0.05, 0.1) is 31.6 Å². The molecule has 1 aliphatic heterocycles. The molecule has 192 valence electrons. The summed E-state index contributed by atoms with van der Waals surface area (Å²) in [5.74, 6) is 0.482. The van der Waals surface area contributed by atoms with Crippen LogP contribution in [0.25, 0.3) is 22.8 Å². The van der Waals surface area contributed by atoms with Crippen molar-refractivity contribution < 1.29 is 24.2 Å². The lowest BCUT2D eigenvalue weighted by atomic mass is 9.96. The van der Waals surface area contributed by atoms with E-state index in [4.69, 9.17) is 9.47 Å². The van der Waals surface area contributed by atoms with Crippen molar-refractivity contribution in [1.29, 1.82) is 0 Å². The Morgan fingerprint density at radius 1 is 1.19 bits per heavy atom. The lowest BCUT2D eigenvalue weighted by molar-refractivity contribution is 0.0766. The highest BCUT2D eigenvalue weighted by atomic mass is 16.5. The highest BCUT2D eigenvalue weighted by molar-refractivity contribution is 6.04. The van der Waals surface area contributed by atoms with E-state index in [0.29, 0.717) is 24.2 Å². The van der Waals surface area contributed by atoms with Crippen molar-refractivity contribution in [3.8, 4) is 16.9 Å². The number of aromatic nitrogens is 1. The Labute approximate surface area is 216 Å². The molecule has 1 aliphatic rings. The smallest absolute Gasteiger partial charge is 0.411 e. The van der Waals surface area contributed by atoms with E-state index in [0.717, 1.165) is 39.3 Å². The monoisotopic (exact) mass is 501 g/mol. The molecular formula is C29H31N3O5. The Hall–Kier alpha value is -4.30. The minimum atomic E-state index is -0.674. The number of benzene rings is 2. The number of ether oxygens (including phenoxy) is 2. The maximum Gasteiger partial charge on any atom is 0.411 e. The molecule has 1 aromatic heterocycles. The summed E-state index contributed by atoms with van der Waals surface area (Å²) in [7, 11) is 2.91. The van der Waals surface area contributed by atoms with Gasteiger partial charge in [0, 0.05) is 41.7 Å². The fourth-order valence-electron chi connectivity index (χ4n) is 4.50. The predicted molar refractivity (Wildman–Crippen MR) is 145 cm³/mol. The van der Waals surface area contributed by atoms with E-state index < -0.39 is 12.2 Å². The molecule has 0 saturated carbocycles. The molecule has 1 atom stereocenters. The van der Waals surface area contributed by atoms with Gasteiger partial charge < -0.3 is 24.5 Å². The summed E-state index contributed by atoms with van der Waals surface area (Å²) >= 11 is 0. The highest BCUT2D eigenvalue weighted by Gasteiger charge is 2.27. The second kappa shape index (κ2) is 11.2. The molecule has 0 radical (unpaired) electrons. The van der Waals surface area contributed by atoms with Crippen LogP contribution in [0.4, 0.5) is 10.5 Å². The van der Waals surface area contributed by atoms with Gasteiger partial charge in [0.2, 0.25) is 0 Å². The number of aliphatic hydroxyl groups excluding tert-OH is 1. The molecule has 4 rings (SSSR count). The number of hydrogen-bond acceptors (Lipinski definition) is 5. The van der Waals surface area contributed by atoms with E-state index in [2.05, 4.69) is 16.9 Å². The summed E-state index contributed by atoms with van der Waals surface area (Å²) in [6.45, 7) is 6.68. The zero-order valence-electron chi connectivity index (χ0n) is 21.2. The Morgan fingerprint density at radius 2 is 1.97 bits per heavy atom. The van der Waals surface area contributed by atoms with Crippen LogP contribution in [-0.4, -0.2) is 60.4 Å². The number of anilines is 1. The van der Waals surface area contributed by atoms with Crippen LogP contribution in [0, 0.1) is 6.92 Å². The first-order chi connectivity index (χ1) is 17.9. The number of nitrogens with one attached hydrogen (secondary N) is 2. The predicted octanol–water partition coefficient (Wildman–Crippen LogP) is 5.11. The summed E-state index contributed by atoms with van der Waals surface area (Å²) < 4.78 is 10.3. The van der Waals surface area contributed by atoms with Crippen LogP contribution in [-0.2, 0) is 4.74 Å². The summed E-state index contributed by atoms with van der Waals surface area (Å²) in [6, 6.07) is 13.0. The summed E-state index contributed by atoms with van der Waals surface area (Å²) in [5, 5.41) is 12.6. The van der Waals surface area contributed by atoms with Gasteiger partial charge in [0.15, 0.2) is 0 Å². The number of amides is 2. The second-order valence-corrected chi connectivity index (χ2v) is 8.82. The number of nitrogens with zero attached hydrogens (tertiary/aromatic N) is 1. The molecule has 1 fully saturated rings. The van der Waals surface area contributed by atoms with Crippen molar-refractivity contribution in [3.63, 3.8) is 0 Å². The third-order valence-electron chi connectivity index (χ3n) is 6.50. The zero-order chi connectivity index (χ0) is 26.5. The summed E-state index contributed by atoms with van der Waals surface area (Å²) in [4.78, 5) is 30.2. The molecule has 0 bridgehead atoms. The number of carbonyl (C=O) groups excluding carboxylic acids is 2. The first-order valence-electron chi connectivity index (χ1n) is 12.0. The Balaban J connectivity index is 1.79. The number of carbonyl (C=O) groups is 2. The van der Waals surface area contributed by atoms with Crippen LogP contribution in [0.15, 0.2) is 61.3 Å². The van der Waals surface area contributed by atoms with E-state index in [1.165, 1.54) is 7.11 Å². The molecule has 2 aromatic carbocycles. The lowest BCUT2D eigenvalue weighted by Gasteiger charge is -2.19. The van der Waals surface area contributed by atoms with Gasteiger partial charge in [0.25, 0.3) is 5.91 Å². The Morgan fingerprint density at radius 3 is 2.65 bits per heavy atom. The molecule has 8 heteroatoms. The molecule has 0 aliphatic carbocycles. The highest BCUT2D eigenvalue weighted by Crippen LogP contribution is 2.36. The number of aromatic amines is 1. The van der Waals surface area contributed by atoms with E-state index in [9.17, 15) is 14.7 Å². The molecule has 2 heterocycles. The average Bonchev–Trinajstić information content (AvgIpc) is 3.52. The Bertz CT molecular complexity index is 1360. The fraction of sp³-hybridized carbons (Fsp3) is 0.241. The van der Waals surface area contributed by atoms with Crippen LogP contribution < -0.4 is 10.1 Å². The van der Waals surface area contributed by atoms with Gasteiger partial charge in [-0.05, 0) is 48.8 Å². The van der Waals surface area contributed by atoms with Crippen LogP contribution in [0.1, 0.15) is 33.6 Å². The summed E-state index contributed by atoms with van der Waals surface area (Å²) in [6.07, 6.45) is 4.97. The van der Waals surface area contributed by atoms with Crippen molar-refractivity contribution >= 4 is 29.3 Å². The normalized spacial score (nSPS) is 15.4. The van der Waals surface area contributed by atoms with Gasteiger partial charge in [0.1, 0.15) is 5.75 Å². The largest absolute Gasteiger partial charge is 0.496 e. The minimum Gasteiger partial charge on any atom is -0.496 e. The molecular weight excluding hydrogens is 470 g/mol. The van der Waals surface area contributed by atoms with Crippen molar-refractivity contribution in [2.24, 2.45) is 0 Å². The molecule has 37 heavy (non-hydrogen) atoms. The minimum absolute atomic E-state index is 0.246. The maximum absolute atomic E-state index is 13.4. The van der Waals surface area contributed by atoms with Crippen LogP contribution in [0.2, 0.25) is 0 Å². The van der Waals surface area contributed by atoms with Gasteiger partial charge in [-0.25, -0.2) is 4.79 Å². The maximum atomic E-state index is 13.4. The zero-order valence-corrected chi connectivity index (χ0v) is 21.2. The van der Waals surface area contributed by atoms with Gasteiger partial charge in [-0.15, -0.1) is 0 Å². The fourth-order valence-corrected chi connectivity index (χ4v) is 4.50. The molecule has 0 spiro atoms. The number of aryl methyl sites for hydroxylation is 1.